The Balaban J connectivity index is 1.76. The molecule has 3 rings (SSSR count). The molecule has 1 unspecified atom stereocenters. The maximum Gasteiger partial charge on any atom is 0.160 e. The van der Waals surface area contributed by atoms with Gasteiger partial charge in [-0.1, -0.05) is 36.7 Å². The predicted molar refractivity (Wildman–Crippen MR) is 84.3 cm³/mol. The molecule has 0 aliphatic rings. The molecule has 1 atom stereocenters. The SMILES string of the molecule is CCC(NCc1nnc2ccccn12)c1cccc(Cl)c1. The van der Waals surface area contributed by atoms with Gasteiger partial charge >= 0.3 is 0 Å². The zero-order valence-electron chi connectivity index (χ0n) is 11.8. The summed E-state index contributed by atoms with van der Waals surface area (Å²) in [6.45, 7) is 2.82. The highest BCUT2D eigenvalue weighted by Gasteiger charge is 2.11. The molecule has 1 N–H and O–H groups in total. The van der Waals surface area contributed by atoms with Gasteiger partial charge in [0.2, 0.25) is 0 Å². The van der Waals surface area contributed by atoms with Crippen molar-refractivity contribution in [3.05, 3.63) is 65.1 Å². The van der Waals surface area contributed by atoms with E-state index < -0.39 is 0 Å². The van der Waals surface area contributed by atoms with E-state index in [1.165, 1.54) is 5.56 Å². The van der Waals surface area contributed by atoms with Crippen molar-refractivity contribution in [1.82, 2.24) is 19.9 Å². The fourth-order valence-electron chi connectivity index (χ4n) is 2.45. The van der Waals surface area contributed by atoms with Crippen molar-refractivity contribution in [3.8, 4) is 0 Å². The second-order valence-corrected chi connectivity index (χ2v) is 5.38. The Morgan fingerprint density at radius 2 is 2.10 bits per heavy atom. The lowest BCUT2D eigenvalue weighted by atomic mass is 10.0. The molecular formula is C16H17ClN4. The van der Waals surface area contributed by atoms with Crippen LogP contribution in [0.1, 0.15) is 30.8 Å². The normalized spacial score (nSPS) is 12.7. The van der Waals surface area contributed by atoms with Gasteiger partial charge in [-0.05, 0) is 36.2 Å². The fourth-order valence-corrected chi connectivity index (χ4v) is 2.65. The Bertz CT molecular complexity index is 738. The van der Waals surface area contributed by atoms with Gasteiger partial charge in [-0.2, -0.15) is 0 Å². The standard InChI is InChI=1S/C16H17ClN4/c1-2-14(12-6-5-7-13(17)10-12)18-11-16-20-19-15-8-3-4-9-21(15)16/h3-10,14,18H,2,11H2,1H3. The Kier molecular flexibility index (Phi) is 4.18. The van der Waals surface area contributed by atoms with Crippen LogP contribution in [-0.2, 0) is 6.54 Å². The van der Waals surface area contributed by atoms with Gasteiger partial charge in [0.15, 0.2) is 11.5 Å². The minimum Gasteiger partial charge on any atom is -0.303 e. The molecule has 0 saturated heterocycles. The molecule has 0 bridgehead atoms. The number of nitrogens with zero attached hydrogens (tertiary/aromatic N) is 3. The summed E-state index contributed by atoms with van der Waals surface area (Å²) in [5.74, 6) is 0.908. The molecule has 3 aromatic rings. The molecule has 2 aromatic heterocycles. The number of benzene rings is 1. The Hall–Kier alpha value is -1.91. The number of rotatable bonds is 5. The zero-order chi connectivity index (χ0) is 14.7. The van der Waals surface area contributed by atoms with Crippen LogP contribution in [0.15, 0.2) is 48.7 Å². The summed E-state index contributed by atoms with van der Waals surface area (Å²) in [4.78, 5) is 0. The molecule has 0 spiro atoms. The van der Waals surface area contributed by atoms with Crippen molar-refractivity contribution in [3.63, 3.8) is 0 Å². The number of fused-ring (bicyclic) bond motifs is 1. The molecule has 4 nitrogen and oxygen atoms in total. The average molecular weight is 301 g/mol. The van der Waals surface area contributed by atoms with E-state index in [9.17, 15) is 0 Å². The first-order chi connectivity index (χ1) is 10.3. The average Bonchev–Trinajstić information content (AvgIpc) is 2.91. The maximum absolute atomic E-state index is 6.07. The lowest BCUT2D eigenvalue weighted by molar-refractivity contribution is 0.506. The zero-order valence-corrected chi connectivity index (χ0v) is 12.6. The van der Waals surface area contributed by atoms with Crippen LogP contribution in [0.25, 0.3) is 5.65 Å². The molecule has 0 aliphatic heterocycles. The minimum absolute atomic E-state index is 0.250. The van der Waals surface area contributed by atoms with E-state index in [2.05, 4.69) is 28.5 Å². The summed E-state index contributed by atoms with van der Waals surface area (Å²) in [5.41, 5.74) is 2.06. The van der Waals surface area contributed by atoms with Gasteiger partial charge in [0.05, 0.1) is 6.54 Å². The summed E-state index contributed by atoms with van der Waals surface area (Å²) in [5, 5.41) is 12.7. The molecule has 5 heteroatoms. The van der Waals surface area contributed by atoms with Crippen molar-refractivity contribution < 1.29 is 0 Å². The van der Waals surface area contributed by atoms with Crippen LogP contribution in [-0.4, -0.2) is 14.6 Å². The molecule has 108 valence electrons. The Morgan fingerprint density at radius 1 is 1.19 bits per heavy atom. The molecule has 21 heavy (non-hydrogen) atoms. The molecule has 0 amide bonds. The highest BCUT2D eigenvalue weighted by molar-refractivity contribution is 6.30. The highest BCUT2D eigenvalue weighted by Crippen LogP contribution is 2.20. The Labute approximate surface area is 128 Å². The van der Waals surface area contributed by atoms with Crippen LogP contribution in [0.2, 0.25) is 5.02 Å². The smallest absolute Gasteiger partial charge is 0.160 e. The minimum atomic E-state index is 0.250. The number of aromatic nitrogens is 3. The first kappa shape index (κ1) is 14.0. The number of hydrogen-bond donors (Lipinski definition) is 1. The van der Waals surface area contributed by atoms with Crippen molar-refractivity contribution in [2.24, 2.45) is 0 Å². The number of hydrogen-bond acceptors (Lipinski definition) is 3. The summed E-state index contributed by atoms with van der Waals surface area (Å²) in [6.07, 6.45) is 2.96. The lowest BCUT2D eigenvalue weighted by Crippen LogP contribution is -2.21. The van der Waals surface area contributed by atoms with Crippen LogP contribution < -0.4 is 5.32 Å². The van der Waals surface area contributed by atoms with E-state index in [0.29, 0.717) is 6.54 Å². The second kappa shape index (κ2) is 6.24. The van der Waals surface area contributed by atoms with Crippen molar-refractivity contribution >= 4 is 17.2 Å². The first-order valence-electron chi connectivity index (χ1n) is 7.05. The third kappa shape index (κ3) is 3.06. The largest absolute Gasteiger partial charge is 0.303 e. The second-order valence-electron chi connectivity index (χ2n) is 4.94. The van der Waals surface area contributed by atoms with Gasteiger partial charge in [-0.3, -0.25) is 4.40 Å². The van der Waals surface area contributed by atoms with Crippen molar-refractivity contribution in [2.45, 2.75) is 25.9 Å². The quantitative estimate of drug-likeness (QED) is 0.782. The monoisotopic (exact) mass is 300 g/mol. The number of nitrogens with one attached hydrogen (secondary N) is 1. The predicted octanol–water partition coefficient (Wildman–Crippen LogP) is 3.62. The van der Waals surface area contributed by atoms with Crippen LogP contribution in [0, 0.1) is 0 Å². The van der Waals surface area contributed by atoms with Gasteiger partial charge in [0, 0.05) is 17.3 Å². The van der Waals surface area contributed by atoms with Crippen LogP contribution >= 0.6 is 11.6 Å². The van der Waals surface area contributed by atoms with Gasteiger partial charge in [0.25, 0.3) is 0 Å². The Morgan fingerprint density at radius 3 is 2.90 bits per heavy atom. The summed E-state index contributed by atoms with van der Waals surface area (Å²) < 4.78 is 2.00. The topological polar surface area (TPSA) is 42.2 Å². The maximum atomic E-state index is 6.07. The highest BCUT2D eigenvalue weighted by atomic mass is 35.5. The molecule has 1 aromatic carbocycles. The van der Waals surface area contributed by atoms with Crippen LogP contribution in [0.3, 0.4) is 0 Å². The molecule has 2 heterocycles. The summed E-state index contributed by atoms with van der Waals surface area (Å²) in [6, 6.07) is 14.1. The summed E-state index contributed by atoms with van der Waals surface area (Å²) in [7, 11) is 0. The number of pyridine rings is 1. The summed E-state index contributed by atoms with van der Waals surface area (Å²) >= 11 is 6.07. The van der Waals surface area contributed by atoms with Gasteiger partial charge in [-0.15, -0.1) is 10.2 Å². The molecule has 0 fully saturated rings. The van der Waals surface area contributed by atoms with Gasteiger partial charge in [0.1, 0.15) is 0 Å². The van der Waals surface area contributed by atoms with E-state index in [4.69, 9.17) is 11.6 Å². The third-order valence-corrected chi connectivity index (χ3v) is 3.79. The molecule has 0 aliphatic carbocycles. The van der Waals surface area contributed by atoms with E-state index in [-0.39, 0.29) is 6.04 Å². The van der Waals surface area contributed by atoms with Gasteiger partial charge < -0.3 is 5.32 Å². The van der Waals surface area contributed by atoms with E-state index >= 15 is 0 Å². The molecular weight excluding hydrogens is 284 g/mol. The first-order valence-corrected chi connectivity index (χ1v) is 7.43. The van der Waals surface area contributed by atoms with E-state index in [1.54, 1.807) is 0 Å². The van der Waals surface area contributed by atoms with Crippen molar-refractivity contribution in [2.75, 3.05) is 0 Å². The third-order valence-electron chi connectivity index (χ3n) is 3.55. The fraction of sp³-hybridized carbons (Fsp3) is 0.250. The van der Waals surface area contributed by atoms with Crippen LogP contribution in [0.4, 0.5) is 0 Å². The van der Waals surface area contributed by atoms with Gasteiger partial charge in [-0.25, -0.2) is 0 Å². The molecule has 0 radical (unpaired) electrons. The van der Waals surface area contributed by atoms with Crippen molar-refractivity contribution in [1.29, 1.82) is 0 Å². The number of halogens is 1. The molecule has 0 saturated carbocycles. The lowest BCUT2D eigenvalue weighted by Gasteiger charge is -2.17. The van der Waals surface area contributed by atoms with E-state index in [0.717, 1.165) is 22.9 Å². The van der Waals surface area contributed by atoms with E-state index in [1.807, 2.05) is 47.0 Å². The van der Waals surface area contributed by atoms with Crippen LogP contribution in [0.5, 0.6) is 0 Å².